The molecule has 5 heteroatoms. The highest BCUT2D eigenvalue weighted by Crippen LogP contribution is 2.36. The van der Waals surface area contributed by atoms with Crippen LogP contribution in [0, 0.1) is 11.7 Å². The summed E-state index contributed by atoms with van der Waals surface area (Å²) in [6.45, 7) is 1.78. The van der Waals surface area contributed by atoms with Crippen LogP contribution in [-0.2, 0) is 0 Å². The van der Waals surface area contributed by atoms with Gasteiger partial charge in [0.25, 0.3) is 0 Å². The molecule has 0 unspecified atom stereocenters. The molecule has 0 radical (unpaired) electrons. The molecule has 0 bridgehead atoms. The maximum atomic E-state index is 13.9. The van der Waals surface area contributed by atoms with Crippen molar-refractivity contribution in [3.05, 3.63) is 53.7 Å². The third-order valence-electron chi connectivity index (χ3n) is 4.40. The Balaban J connectivity index is 1.57. The molecular formula is C19H20FNO3. The summed E-state index contributed by atoms with van der Waals surface area (Å²) in [5.74, 6) is 0.447. The number of fused-ring (bicyclic) bond motifs is 1. The Kier molecular flexibility index (Phi) is 3.15. The highest BCUT2D eigenvalue weighted by molar-refractivity contribution is 5.46. The zero-order valence-electron chi connectivity index (χ0n) is 17.0. The van der Waals surface area contributed by atoms with Gasteiger partial charge in [-0.2, -0.15) is 0 Å². The number of piperidine rings is 1. The SMILES string of the molecule is [2H]c1c([2H])c([C@H]2CCNC[C@@H]2COc2ccc3c(c2)OCO3)c([2H])c([2H])c1F. The van der Waals surface area contributed by atoms with Gasteiger partial charge in [0.1, 0.15) is 11.6 Å². The van der Waals surface area contributed by atoms with Gasteiger partial charge >= 0.3 is 0 Å². The number of rotatable bonds is 4. The minimum atomic E-state index is -1.11. The lowest BCUT2D eigenvalue weighted by Crippen LogP contribution is -2.38. The van der Waals surface area contributed by atoms with Crippen molar-refractivity contribution in [2.75, 3.05) is 26.5 Å². The Hall–Kier alpha value is -2.27. The quantitative estimate of drug-likeness (QED) is 0.932. The average molecular weight is 333 g/mol. The van der Waals surface area contributed by atoms with E-state index in [9.17, 15) is 4.39 Å². The van der Waals surface area contributed by atoms with Gasteiger partial charge in [-0.05, 0) is 48.7 Å². The molecule has 2 atom stereocenters. The molecule has 0 saturated carbocycles. The molecular weight excluding hydrogens is 309 g/mol. The molecule has 2 aromatic carbocycles. The van der Waals surface area contributed by atoms with Gasteiger partial charge < -0.3 is 19.5 Å². The Bertz CT molecular complexity index is 882. The van der Waals surface area contributed by atoms with Crippen molar-refractivity contribution in [2.24, 2.45) is 5.92 Å². The van der Waals surface area contributed by atoms with E-state index in [-0.39, 0.29) is 36.3 Å². The third kappa shape index (κ3) is 3.17. The standard InChI is InChI=1S/C19H20FNO3/c20-15-3-1-13(2-4-15)17-7-8-21-10-14(17)11-22-16-5-6-18-19(9-16)24-12-23-18/h1-6,9,14,17,21H,7-8,10-12H2/t14-,17-/m1/s1/i1D,2D,3D,4D. The molecule has 2 aliphatic heterocycles. The molecule has 4 rings (SSSR count). The maximum Gasteiger partial charge on any atom is 0.231 e. The monoisotopic (exact) mass is 333 g/mol. The van der Waals surface area contributed by atoms with Crippen molar-refractivity contribution in [1.82, 2.24) is 5.32 Å². The van der Waals surface area contributed by atoms with Crippen LogP contribution >= 0.6 is 0 Å². The molecule has 1 fully saturated rings. The van der Waals surface area contributed by atoms with Gasteiger partial charge in [0.2, 0.25) is 6.79 Å². The van der Waals surface area contributed by atoms with E-state index in [0.29, 0.717) is 43.4 Å². The summed E-state index contributed by atoms with van der Waals surface area (Å²) in [5.41, 5.74) is 0.261. The molecule has 0 aromatic heterocycles. The molecule has 1 N–H and O–H groups in total. The van der Waals surface area contributed by atoms with Crippen LogP contribution in [0.1, 0.15) is 23.4 Å². The molecule has 24 heavy (non-hydrogen) atoms. The molecule has 0 spiro atoms. The predicted octanol–water partition coefficient (Wildman–Crippen LogP) is 3.33. The number of halogens is 1. The van der Waals surface area contributed by atoms with E-state index in [2.05, 4.69) is 5.32 Å². The van der Waals surface area contributed by atoms with Crippen molar-refractivity contribution >= 4 is 0 Å². The van der Waals surface area contributed by atoms with Crippen LogP contribution in [-0.4, -0.2) is 26.5 Å². The van der Waals surface area contributed by atoms with Gasteiger partial charge in [-0.25, -0.2) is 4.39 Å². The van der Waals surface area contributed by atoms with Gasteiger partial charge in [-0.15, -0.1) is 0 Å². The highest BCUT2D eigenvalue weighted by atomic mass is 19.1. The van der Waals surface area contributed by atoms with Gasteiger partial charge in [-0.1, -0.05) is 12.1 Å². The number of benzene rings is 2. The molecule has 0 amide bonds. The van der Waals surface area contributed by atoms with Crippen molar-refractivity contribution in [3.8, 4) is 17.2 Å². The molecule has 0 aliphatic carbocycles. The Morgan fingerprint density at radius 1 is 1.21 bits per heavy atom. The zero-order valence-corrected chi connectivity index (χ0v) is 13.0. The van der Waals surface area contributed by atoms with Crippen LogP contribution in [0.15, 0.2) is 42.4 Å². The summed E-state index contributed by atoms with van der Waals surface area (Å²) < 4.78 is 62.3. The number of hydrogen-bond donors (Lipinski definition) is 1. The normalized spacial score (nSPS) is 24.7. The lowest BCUT2D eigenvalue weighted by atomic mass is 9.81. The molecule has 2 aromatic rings. The molecule has 126 valence electrons. The lowest BCUT2D eigenvalue weighted by Gasteiger charge is -2.32. The van der Waals surface area contributed by atoms with Gasteiger partial charge in [0, 0.05) is 18.5 Å². The van der Waals surface area contributed by atoms with E-state index in [1.165, 1.54) is 0 Å². The van der Waals surface area contributed by atoms with Crippen molar-refractivity contribution in [1.29, 1.82) is 0 Å². The fourth-order valence-electron chi connectivity index (χ4n) is 3.14. The van der Waals surface area contributed by atoms with E-state index in [4.69, 9.17) is 19.7 Å². The van der Waals surface area contributed by atoms with E-state index >= 15 is 0 Å². The third-order valence-corrected chi connectivity index (χ3v) is 4.40. The number of ether oxygens (including phenoxy) is 3. The second kappa shape index (κ2) is 6.69. The predicted molar refractivity (Wildman–Crippen MR) is 88.2 cm³/mol. The van der Waals surface area contributed by atoms with Crippen molar-refractivity contribution in [2.45, 2.75) is 12.3 Å². The second-order valence-electron chi connectivity index (χ2n) is 5.91. The topological polar surface area (TPSA) is 39.7 Å². The average Bonchev–Trinajstić information content (AvgIpc) is 3.18. The van der Waals surface area contributed by atoms with E-state index < -0.39 is 17.9 Å². The molecule has 4 nitrogen and oxygen atoms in total. The zero-order chi connectivity index (χ0) is 19.8. The maximum absolute atomic E-state index is 13.9. The summed E-state index contributed by atoms with van der Waals surface area (Å²) in [6.07, 6.45) is 0.622. The first-order chi connectivity index (χ1) is 13.5. The first-order valence-electron chi connectivity index (χ1n) is 9.96. The smallest absolute Gasteiger partial charge is 0.231 e. The fraction of sp³-hybridized carbons (Fsp3) is 0.368. The molecule has 2 heterocycles. The summed E-state index contributed by atoms with van der Waals surface area (Å²) in [4.78, 5) is 0. The fourth-order valence-corrected chi connectivity index (χ4v) is 3.14. The van der Waals surface area contributed by atoms with E-state index in [0.717, 1.165) is 0 Å². The van der Waals surface area contributed by atoms with Crippen molar-refractivity contribution in [3.63, 3.8) is 0 Å². The lowest BCUT2D eigenvalue weighted by molar-refractivity contribution is 0.173. The molecule has 2 aliphatic rings. The van der Waals surface area contributed by atoms with Gasteiger partial charge in [0.05, 0.1) is 12.1 Å². The minimum Gasteiger partial charge on any atom is -0.493 e. The Morgan fingerprint density at radius 2 is 2.04 bits per heavy atom. The van der Waals surface area contributed by atoms with E-state index in [1.54, 1.807) is 18.2 Å². The summed E-state index contributed by atoms with van der Waals surface area (Å²) in [7, 11) is 0. The largest absolute Gasteiger partial charge is 0.493 e. The van der Waals surface area contributed by atoms with Crippen molar-refractivity contribution < 1.29 is 24.1 Å². The number of nitrogens with one attached hydrogen (secondary N) is 1. The Labute approximate surface area is 146 Å². The van der Waals surface area contributed by atoms with E-state index in [1.807, 2.05) is 0 Å². The Morgan fingerprint density at radius 3 is 2.92 bits per heavy atom. The van der Waals surface area contributed by atoms with Crippen LogP contribution < -0.4 is 19.5 Å². The first kappa shape index (κ1) is 11.3. The molecule has 1 saturated heterocycles. The number of hydrogen-bond acceptors (Lipinski definition) is 4. The minimum absolute atomic E-state index is 0.0864. The summed E-state index contributed by atoms with van der Waals surface area (Å²) in [5, 5.41) is 3.28. The van der Waals surface area contributed by atoms with Crippen LogP contribution in [0.25, 0.3) is 0 Å². The van der Waals surface area contributed by atoms with Gasteiger partial charge in [-0.3, -0.25) is 0 Å². The summed E-state index contributed by atoms with van der Waals surface area (Å²) in [6, 6.07) is 3.46. The van der Waals surface area contributed by atoms with Crippen LogP contribution in [0.4, 0.5) is 4.39 Å². The van der Waals surface area contributed by atoms with Gasteiger partial charge in [0.15, 0.2) is 11.5 Å². The van der Waals surface area contributed by atoms with Crippen LogP contribution in [0.3, 0.4) is 0 Å². The van der Waals surface area contributed by atoms with Crippen LogP contribution in [0.2, 0.25) is 0 Å². The summed E-state index contributed by atoms with van der Waals surface area (Å²) >= 11 is 0. The highest BCUT2D eigenvalue weighted by Gasteiger charge is 2.27. The second-order valence-corrected chi connectivity index (χ2v) is 5.91. The van der Waals surface area contributed by atoms with Crippen LogP contribution in [0.5, 0.6) is 17.2 Å². The first-order valence-corrected chi connectivity index (χ1v) is 7.96.